The van der Waals surface area contributed by atoms with Crippen molar-refractivity contribution in [3.05, 3.63) is 21.3 Å². The fourth-order valence-electron chi connectivity index (χ4n) is 3.05. The fourth-order valence-corrected chi connectivity index (χ4v) is 6.05. The summed E-state index contributed by atoms with van der Waals surface area (Å²) in [4.78, 5) is 1.20. The Morgan fingerprint density at radius 1 is 1.55 bits per heavy atom. The number of hydrogen-bond donors (Lipinski definition) is 1. The summed E-state index contributed by atoms with van der Waals surface area (Å²) < 4.78 is 29.2. The summed E-state index contributed by atoms with van der Waals surface area (Å²) in [5.41, 5.74) is -0.443. The second kappa shape index (κ2) is 5.57. The lowest BCUT2D eigenvalue weighted by Gasteiger charge is -2.37. The van der Waals surface area contributed by atoms with Crippen molar-refractivity contribution >= 4 is 32.8 Å². The van der Waals surface area contributed by atoms with E-state index in [2.05, 4.69) is 5.32 Å². The average Bonchev–Trinajstić information content (AvgIpc) is 2.92. The number of halogens is 1. The molecule has 20 heavy (non-hydrogen) atoms. The van der Waals surface area contributed by atoms with Crippen LogP contribution in [-0.4, -0.2) is 38.2 Å². The smallest absolute Gasteiger partial charge is 0.153 e. The summed E-state index contributed by atoms with van der Waals surface area (Å²) in [7, 11) is -2.91. The van der Waals surface area contributed by atoms with E-state index in [9.17, 15) is 8.42 Å². The summed E-state index contributed by atoms with van der Waals surface area (Å²) in [6.07, 6.45) is 2.35. The van der Waals surface area contributed by atoms with Crippen LogP contribution in [-0.2, 0) is 21.1 Å². The largest absolute Gasteiger partial charge is 0.374 e. The van der Waals surface area contributed by atoms with Gasteiger partial charge in [0.25, 0.3) is 0 Å². The van der Waals surface area contributed by atoms with Crippen LogP contribution in [0, 0.1) is 0 Å². The van der Waals surface area contributed by atoms with Crippen molar-refractivity contribution in [3.8, 4) is 0 Å². The van der Waals surface area contributed by atoms with Crippen LogP contribution in [0.3, 0.4) is 0 Å². The molecule has 0 bridgehead atoms. The van der Waals surface area contributed by atoms with Crippen LogP contribution in [0.4, 0.5) is 0 Å². The third-order valence-corrected chi connectivity index (χ3v) is 7.11. The highest BCUT2D eigenvalue weighted by atomic mass is 35.5. The van der Waals surface area contributed by atoms with E-state index in [1.165, 1.54) is 4.88 Å². The molecule has 0 radical (unpaired) electrons. The molecule has 0 aliphatic carbocycles. The summed E-state index contributed by atoms with van der Waals surface area (Å²) >= 11 is 7.55. The van der Waals surface area contributed by atoms with E-state index in [4.69, 9.17) is 16.3 Å². The summed E-state index contributed by atoms with van der Waals surface area (Å²) in [5, 5.41) is 6.21. The Morgan fingerprint density at radius 3 is 3.05 bits per heavy atom. The van der Waals surface area contributed by atoms with Crippen LogP contribution in [0.2, 0.25) is 5.02 Å². The SMILES string of the molecule is O=S1(=O)CC[C@@]2(C[C@H](NCc3cc(Cl)cs3)CCO2)C1. The zero-order chi connectivity index (χ0) is 14.2. The molecule has 1 spiro atoms. The Balaban J connectivity index is 1.58. The van der Waals surface area contributed by atoms with Crippen LogP contribution >= 0.6 is 22.9 Å². The highest BCUT2D eigenvalue weighted by Gasteiger charge is 2.46. The molecule has 2 atom stereocenters. The van der Waals surface area contributed by atoms with E-state index in [1.807, 2.05) is 11.4 Å². The zero-order valence-electron chi connectivity index (χ0n) is 11.1. The summed E-state index contributed by atoms with van der Waals surface area (Å²) in [5.74, 6) is 0.448. The van der Waals surface area contributed by atoms with Crippen molar-refractivity contribution in [2.75, 3.05) is 18.1 Å². The first kappa shape index (κ1) is 14.8. The number of hydrogen-bond acceptors (Lipinski definition) is 5. The van der Waals surface area contributed by atoms with Crippen molar-refractivity contribution in [2.24, 2.45) is 0 Å². The van der Waals surface area contributed by atoms with Crippen molar-refractivity contribution in [2.45, 2.75) is 37.5 Å². The molecule has 3 rings (SSSR count). The number of sulfone groups is 1. The number of nitrogens with one attached hydrogen (secondary N) is 1. The van der Waals surface area contributed by atoms with Crippen molar-refractivity contribution in [1.29, 1.82) is 0 Å². The van der Waals surface area contributed by atoms with Gasteiger partial charge < -0.3 is 10.1 Å². The van der Waals surface area contributed by atoms with Gasteiger partial charge in [-0.2, -0.15) is 0 Å². The van der Waals surface area contributed by atoms with E-state index < -0.39 is 15.4 Å². The highest BCUT2D eigenvalue weighted by molar-refractivity contribution is 7.91. The molecule has 2 saturated heterocycles. The van der Waals surface area contributed by atoms with Gasteiger partial charge in [-0.25, -0.2) is 8.42 Å². The topological polar surface area (TPSA) is 55.4 Å². The number of rotatable bonds is 3. The Kier molecular flexibility index (Phi) is 4.12. The average molecular weight is 336 g/mol. The van der Waals surface area contributed by atoms with E-state index in [0.717, 1.165) is 24.4 Å². The molecule has 1 aromatic heterocycles. The standard InChI is InChI=1S/C13H18ClNO3S2/c14-10-5-12(19-8-10)7-15-11-1-3-18-13(6-11)2-4-20(16,17)9-13/h5,8,11,15H,1-4,6-7,9H2/t11-,13-/m1/s1. The third kappa shape index (κ3) is 3.36. The molecule has 1 N–H and O–H groups in total. The van der Waals surface area contributed by atoms with E-state index >= 15 is 0 Å². The molecule has 0 aromatic carbocycles. The van der Waals surface area contributed by atoms with Crippen molar-refractivity contribution in [3.63, 3.8) is 0 Å². The lowest BCUT2D eigenvalue weighted by atomic mass is 9.90. The molecular formula is C13H18ClNO3S2. The van der Waals surface area contributed by atoms with Gasteiger partial charge >= 0.3 is 0 Å². The maximum atomic E-state index is 11.7. The molecule has 1 aromatic rings. The van der Waals surface area contributed by atoms with Crippen LogP contribution < -0.4 is 5.32 Å². The molecule has 7 heteroatoms. The van der Waals surface area contributed by atoms with Crippen molar-refractivity contribution in [1.82, 2.24) is 5.32 Å². The summed E-state index contributed by atoms with van der Waals surface area (Å²) in [6.45, 7) is 1.42. The molecular weight excluding hydrogens is 318 g/mol. The molecule has 4 nitrogen and oxygen atoms in total. The normalized spacial score (nSPS) is 32.8. The Hall–Kier alpha value is -0.140. The third-order valence-electron chi connectivity index (χ3n) is 4.03. The first-order valence-corrected chi connectivity index (χ1v) is 9.85. The second-order valence-electron chi connectivity index (χ2n) is 5.68. The first-order chi connectivity index (χ1) is 9.46. The molecule has 2 aliphatic heterocycles. The van der Waals surface area contributed by atoms with Crippen molar-refractivity contribution < 1.29 is 13.2 Å². The Bertz CT molecular complexity index is 586. The summed E-state index contributed by atoms with van der Waals surface area (Å²) in [6, 6.07) is 2.28. The molecule has 0 amide bonds. The maximum Gasteiger partial charge on any atom is 0.153 e. The molecule has 0 saturated carbocycles. The Morgan fingerprint density at radius 2 is 2.40 bits per heavy atom. The van der Waals surface area contributed by atoms with E-state index in [1.54, 1.807) is 11.3 Å². The number of thiophene rings is 1. The molecule has 2 aliphatic rings. The van der Waals surface area contributed by atoms with Gasteiger partial charge in [-0.05, 0) is 25.3 Å². The predicted octanol–water partition coefficient (Wildman–Crippen LogP) is 2.23. The Labute approximate surface area is 128 Å². The first-order valence-electron chi connectivity index (χ1n) is 6.77. The van der Waals surface area contributed by atoms with Gasteiger partial charge in [0.1, 0.15) is 0 Å². The van der Waals surface area contributed by atoms with Gasteiger partial charge in [0.05, 0.1) is 22.1 Å². The van der Waals surface area contributed by atoms with E-state index in [0.29, 0.717) is 19.1 Å². The lowest BCUT2D eigenvalue weighted by Crippen LogP contribution is -2.47. The minimum Gasteiger partial charge on any atom is -0.374 e. The second-order valence-corrected chi connectivity index (χ2v) is 9.29. The number of ether oxygens (including phenoxy) is 1. The molecule has 3 heterocycles. The minimum absolute atomic E-state index is 0.184. The van der Waals surface area contributed by atoms with Crippen LogP contribution in [0.25, 0.3) is 0 Å². The lowest BCUT2D eigenvalue weighted by molar-refractivity contribution is -0.0705. The molecule has 2 fully saturated rings. The van der Waals surface area contributed by atoms with Gasteiger partial charge in [0, 0.05) is 29.5 Å². The molecule has 0 unspecified atom stereocenters. The minimum atomic E-state index is -2.91. The zero-order valence-corrected chi connectivity index (χ0v) is 13.5. The van der Waals surface area contributed by atoms with Gasteiger partial charge in [-0.3, -0.25) is 0 Å². The highest BCUT2D eigenvalue weighted by Crippen LogP contribution is 2.35. The van der Waals surface area contributed by atoms with Gasteiger partial charge in [-0.1, -0.05) is 11.6 Å². The monoisotopic (exact) mass is 335 g/mol. The van der Waals surface area contributed by atoms with Gasteiger partial charge in [0.2, 0.25) is 0 Å². The predicted molar refractivity (Wildman–Crippen MR) is 81.1 cm³/mol. The maximum absolute atomic E-state index is 11.7. The van der Waals surface area contributed by atoms with Crippen LogP contribution in [0.5, 0.6) is 0 Å². The van der Waals surface area contributed by atoms with E-state index in [-0.39, 0.29) is 11.5 Å². The van der Waals surface area contributed by atoms with Gasteiger partial charge in [-0.15, -0.1) is 11.3 Å². The van der Waals surface area contributed by atoms with Crippen LogP contribution in [0.15, 0.2) is 11.4 Å². The molecule has 112 valence electrons. The quantitative estimate of drug-likeness (QED) is 0.920. The van der Waals surface area contributed by atoms with Crippen LogP contribution in [0.1, 0.15) is 24.1 Å². The van der Waals surface area contributed by atoms with Gasteiger partial charge in [0.15, 0.2) is 9.84 Å². The fraction of sp³-hybridized carbons (Fsp3) is 0.692.